The monoisotopic (exact) mass is 210 g/mol. The van der Waals surface area contributed by atoms with E-state index in [2.05, 4.69) is 31.4 Å². The van der Waals surface area contributed by atoms with Gasteiger partial charge in [-0.25, -0.2) is 0 Å². The normalized spacial score (nSPS) is 33.6. The van der Waals surface area contributed by atoms with Crippen LogP contribution in [0.5, 0.6) is 0 Å². The molecule has 0 amide bonds. The topological polar surface area (TPSA) is 24.1 Å². The zero-order chi connectivity index (χ0) is 10.9. The molecular weight excluding hydrogens is 184 g/mol. The molecule has 1 aliphatic carbocycles. The van der Waals surface area contributed by atoms with E-state index in [1.165, 1.54) is 32.4 Å². The van der Waals surface area contributed by atoms with Crippen molar-refractivity contribution in [3.8, 4) is 0 Å². The molecule has 2 N–H and O–H groups in total. The van der Waals surface area contributed by atoms with Gasteiger partial charge in [0.15, 0.2) is 0 Å². The first-order valence-electron chi connectivity index (χ1n) is 6.58. The van der Waals surface area contributed by atoms with Crippen molar-refractivity contribution in [3.05, 3.63) is 0 Å². The van der Waals surface area contributed by atoms with E-state index in [1.54, 1.807) is 0 Å². The zero-order valence-corrected chi connectivity index (χ0v) is 10.5. The first-order valence-corrected chi connectivity index (χ1v) is 6.58. The summed E-state index contributed by atoms with van der Waals surface area (Å²) in [5, 5.41) is 7.26. The lowest BCUT2D eigenvalue weighted by Crippen LogP contribution is -2.40. The van der Waals surface area contributed by atoms with Crippen LogP contribution in [-0.4, -0.2) is 25.7 Å². The molecule has 0 radical (unpaired) electrons. The molecular formula is C13H26N2. The Hall–Kier alpha value is -0.0800. The molecule has 15 heavy (non-hydrogen) atoms. The predicted molar refractivity (Wildman–Crippen MR) is 64.9 cm³/mol. The summed E-state index contributed by atoms with van der Waals surface area (Å²) in [4.78, 5) is 0. The van der Waals surface area contributed by atoms with E-state index in [1.807, 2.05) is 0 Å². The van der Waals surface area contributed by atoms with Gasteiger partial charge in [0.25, 0.3) is 0 Å². The fourth-order valence-corrected chi connectivity index (χ4v) is 2.77. The molecule has 0 aromatic heterocycles. The molecule has 2 aliphatic rings. The van der Waals surface area contributed by atoms with Crippen LogP contribution in [0.1, 0.15) is 40.0 Å². The maximum Gasteiger partial charge on any atom is 0.0218 e. The van der Waals surface area contributed by atoms with Crippen LogP contribution in [0.2, 0.25) is 0 Å². The molecule has 0 aromatic carbocycles. The third-order valence-corrected chi connectivity index (χ3v) is 4.65. The Morgan fingerprint density at radius 1 is 1.40 bits per heavy atom. The van der Waals surface area contributed by atoms with E-state index in [9.17, 15) is 0 Å². The van der Waals surface area contributed by atoms with Crippen LogP contribution in [0.3, 0.4) is 0 Å². The maximum atomic E-state index is 3.68. The highest BCUT2D eigenvalue weighted by atomic mass is 15.0. The average Bonchev–Trinajstić information content (AvgIpc) is 2.87. The van der Waals surface area contributed by atoms with Crippen molar-refractivity contribution in [2.75, 3.05) is 19.6 Å². The average molecular weight is 210 g/mol. The van der Waals surface area contributed by atoms with Gasteiger partial charge in [-0.05, 0) is 43.1 Å². The lowest BCUT2D eigenvalue weighted by molar-refractivity contribution is 0.325. The third-order valence-electron chi connectivity index (χ3n) is 4.65. The fourth-order valence-electron chi connectivity index (χ4n) is 2.77. The number of rotatable bonds is 5. The van der Waals surface area contributed by atoms with E-state index >= 15 is 0 Å². The summed E-state index contributed by atoms with van der Waals surface area (Å²) in [5.74, 6) is 1.70. The molecule has 2 nitrogen and oxygen atoms in total. The molecule has 2 atom stereocenters. The molecule has 2 rings (SSSR count). The van der Waals surface area contributed by atoms with Crippen LogP contribution in [0.15, 0.2) is 0 Å². The summed E-state index contributed by atoms with van der Waals surface area (Å²) >= 11 is 0. The van der Waals surface area contributed by atoms with Crippen molar-refractivity contribution in [1.29, 1.82) is 0 Å². The second kappa shape index (κ2) is 4.42. The first kappa shape index (κ1) is 11.4. The van der Waals surface area contributed by atoms with Gasteiger partial charge >= 0.3 is 0 Å². The zero-order valence-electron chi connectivity index (χ0n) is 10.5. The van der Waals surface area contributed by atoms with Gasteiger partial charge in [0.1, 0.15) is 0 Å². The summed E-state index contributed by atoms with van der Waals surface area (Å²) < 4.78 is 0. The summed E-state index contributed by atoms with van der Waals surface area (Å²) in [6.07, 6.45) is 4.22. The van der Waals surface area contributed by atoms with Crippen LogP contribution in [0.25, 0.3) is 0 Å². The van der Waals surface area contributed by atoms with Crippen LogP contribution in [0, 0.1) is 17.3 Å². The van der Waals surface area contributed by atoms with Gasteiger partial charge in [0.2, 0.25) is 0 Å². The van der Waals surface area contributed by atoms with Gasteiger partial charge in [0.05, 0.1) is 0 Å². The largest absolute Gasteiger partial charge is 0.315 e. The molecule has 1 heterocycles. The van der Waals surface area contributed by atoms with Crippen molar-refractivity contribution in [2.24, 2.45) is 17.3 Å². The maximum absolute atomic E-state index is 3.68. The highest BCUT2D eigenvalue weighted by Crippen LogP contribution is 2.51. The lowest BCUT2D eigenvalue weighted by atomic mass is 9.92. The van der Waals surface area contributed by atoms with Crippen LogP contribution < -0.4 is 10.6 Å². The van der Waals surface area contributed by atoms with Gasteiger partial charge in [-0.1, -0.05) is 20.8 Å². The number of hydrogen-bond donors (Lipinski definition) is 2. The fraction of sp³-hybridized carbons (Fsp3) is 1.00. The molecule has 1 saturated heterocycles. The van der Waals surface area contributed by atoms with Gasteiger partial charge in [-0.3, -0.25) is 0 Å². The van der Waals surface area contributed by atoms with Gasteiger partial charge in [-0.15, -0.1) is 0 Å². The minimum atomic E-state index is 0.655. The highest BCUT2D eigenvalue weighted by molar-refractivity contribution is 4.97. The highest BCUT2D eigenvalue weighted by Gasteiger charge is 2.44. The lowest BCUT2D eigenvalue weighted by Gasteiger charge is -2.22. The van der Waals surface area contributed by atoms with Crippen LogP contribution >= 0.6 is 0 Å². The molecule has 0 spiro atoms. The third kappa shape index (κ3) is 2.54. The van der Waals surface area contributed by atoms with Crippen molar-refractivity contribution in [3.63, 3.8) is 0 Å². The van der Waals surface area contributed by atoms with E-state index in [-0.39, 0.29) is 0 Å². The molecule has 0 aromatic rings. The minimum Gasteiger partial charge on any atom is -0.315 e. The number of nitrogens with one attached hydrogen (secondary N) is 2. The van der Waals surface area contributed by atoms with Gasteiger partial charge in [0, 0.05) is 19.1 Å². The summed E-state index contributed by atoms with van der Waals surface area (Å²) in [6, 6.07) is 0.716. The standard InChI is InChI=1S/C13H26N2/c1-10(2)13(5-6-13)9-14-8-12-11(3)4-7-15-12/h10-12,14-15H,4-9H2,1-3H3. The molecule has 88 valence electrons. The van der Waals surface area contributed by atoms with Gasteiger partial charge < -0.3 is 10.6 Å². The van der Waals surface area contributed by atoms with Crippen molar-refractivity contribution < 1.29 is 0 Å². The van der Waals surface area contributed by atoms with E-state index in [0.717, 1.165) is 18.4 Å². The summed E-state index contributed by atoms with van der Waals surface area (Å²) in [5.41, 5.74) is 0.655. The Kier molecular flexibility index (Phi) is 3.36. The Balaban J connectivity index is 1.66. The molecule has 2 unspecified atom stereocenters. The minimum absolute atomic E-state index is 0.655. The molecule has 2 heteroatoms. The Labute approximate surface area is 94.2 Å². The van der Waals surface area contributed by atoms with Crippen molar-refractivity contribution in [1.82, 2.24) is 10.6 Å². The molecule has 1 saturated carbocycles. The van der Waals surface area contributed by atoms with Crippen molar-refractivity contribution >= 4 is 0 Å². The SMILES string of the molecule is CC1CCNC1CNCC1(C(C)C)CC1. The van der Waals surface area contributed by atoms with Crippen LogP contribution in [0.4, 0.5) is 0 Å². The van der Waals surface area contributed by atoms with Gasteiger partial charge in [-0.2, -0.15) is 0 Å². The molecule has 2 fully saturated rings. The smallest absolute Gasteiger partial charge is 0.0218 e. The van der Waals surface area contributed by atoms with Crippen molar-refractivity contribution in [2.45, 2.75) is 46.1 Å². The van der Waals surface area contributed by atoms with Crippen LogP contribution in [-0.2, 0) is 0 Å². The summed E-state index contributed by atoms with van der Waals surface area (Å²) in [6.45, 7) is 10.7. The Bertz CT molecular complexity index is 209. The number of hydrogen-bond acceptors (Lipinski definition) is 2. The second-order valence-electron chi connectivity index (χ2n) is 5.97. The Morgan fingerprint density at radius 3 is 2.60 bits per heavy atom. The first-order chi connectivity index (χ1) is 7.14. The quantitative estimate of drug-likeness (QED) is 0.725. The van der Waals surface area contributed by atoms with E-state index < -0.39 is 0 Å². The van der Waals surface area contributed by atoms with E-state index in [4.69, 9.17) is 0 Å². The molecule has 1 aliphatic heterocycles. The van der Waals surface area contributed by atoms with E-state index in [0.29, 0.717) is 11.5 Å². The summed E-state index contributed by atoms with van der Waals surface area (Å²) in [7, 11) is 0. The Morgan fingerprint density at radius 2 is 2.13 bits per heavy atom. The second-order valence-corrected chi connectivity index (χ2v) is 5.97. The molecule has 0 bridgehead atoms. The predicted octanol–water partition coefficient (Wildman–Crippen LogP) is 2.01.